The fourth-order valence-electron chi connectivity index (χ4n) is 5.81. The second kappa shape index (κ2) is 14.1. The Morgan fingerprint density at radius 1 is 1.22 bits per heavy atom. The van der Waals surface area contributed by atoms with Crippen LogP contribution in [0.2, 0.25) is 0 Å². The Morgan fingerprint density at radius 3 is 2.82 bits per heavy atom. The van der Waals surface area contributed by atoms with Crippen molar-refractivity contribution in [3.8, 4) is 6.07 Å². The van der Waals surface area contributed by atoms with E-state index in [9.17, 15) is 14.2 Å². The molecule has 7 heterocycles. The van der Waals surface area contributed by atoms with Gasteiger partial charge in [-0.05, 0) is 24.6 Å². The SMILES string of the molecule is CC(C)C(=O)Nc1nc2c(ncn2[C@@H]2O[C@@H]3COP(=S)(OCCC#N)O[C@H]4C[C@H](C4)n4c(nc5cncnc54)COP(=O)(S)O[C@@H]2C3)c(=O)[nH]1. The fourth-order valence-corrected chi connectivity index (χ4v) is 9.39. The van der Waals surface area contributed by atoms with Crippen molar-refractivity contribution in [3.05, 3.63) is 35.0 Å². The van der Waals surface area contributed by atoms with Gasteiger partial charge in [0.2, 0.25) is 11.9 Å². The fraction of sp³-hybridized carbons (Fsp3) is 0.556. The zero-order valence-electron chi connectivity index (χ0n) is 26.6. The van der Waals surface area contributed by atoms with E-state index in [2.05, 4.69) is 47.5 Å². The van der Waals surface area contributed by atoms with Crippen LogP contribution < -0.4 is 10.9 Å². The van der Waals surface area contributed by atoms with E-state index < -0.39 is 37.5 Å². The van der Waals surface area contributed by atoms with Gasteiger partial charge in [-0.3, -0.25) is 33.5 Å². The lowest BCUT2D eigenvalue weighted by Crippen LogP contribution is -2.34. The number of nitrogens with one attached hydrogen (secondary N) is 2. The molecule has 1 saturated carbocycles. The summed E-state index contributed by atoms with van der Waals surface area (Å²) < 4.78 is 53.6. The Bertz CT molecular complexity index is 2130. The zero-order valence-corrected chi connectivity index (χ0v) is 30.1. The molecule has 4 aliphatic rings. The number of aromatic nitrogens is 8. The van der Waals surface area contributed by atoms with E-state index >= 15 is 0 Å². The highest BCUT2D eigenvalue weighted by atomic mass is 32.7. The number of anilines is 1. The quantitative estimate of drug-likeness (QED) is 0.144. The standard InChI is InChI=1S/C27H32N10O9P2S2/c1-14(2)24(38)34-27-33-23-21(25(39)35-27)31-13-36(23)26-19-8-17(44-26)10-43-48(50,41-5-3-4-28)45-16-6-15(7-16)37-20(11-42-47(40,49)46-19)32-18-9-29-12-30-22(18)37/h9,12-17,19,26H,3,5-8,10-11H2,1-2H3,(H,40,49)(H2,33,34,35,38,39)/t15-,16+,17-,19+,26+,47?,48?/m0/s1. The molecule has 2 N–H and O–H groups in total. The molecule has 1 amide bonds. The van der Waals surface area contributed by atoms with Crippen LogP contribution in [0, 0.1) is 17.2 Å². The Balaban J connectivity index is 1.23. The van der Waals surface area contributed by atoms with E-state index in [1.807, 2.05) is 10.6 Å². The average Bonchev–Trinajstić information content (AvgIpc) is 3.75. The molecule has 1 saturated heterocycles. The molecule has 4 bridgehead atoms. The van der Waals surface area contributed by atoms with Gasteiger partial charge in [-0.15, -0.1) is 0 Å². The first-order chi connectivity index (χ1) is 23.9. The third-order valence-corrected chi connectivity index (χ3v) is 12.3. The lowest BCUT2D eigenvalue weighted by Gasteiger charge is -2.39. The van der Waals surface area contributed by atoms with Crippen molar-refractivity contribution in [2.24, 2.45) is 5.92 Å². The highest BCUT2D eigenvalue weighted by molar-refractivity contribution is 8.44. The monoisotopic (exact) mass is 766 g/mol. The summed E-state index contributed by atoms with van der Waals surface area (Å²) in [6.07, 6.45) is 2.42. The molecule has 50 heavy (non-hydrogen) atoms. The molecule has 2 unspecified atom stereocenters. The number of hydrogen-bond acceptors (Lipinski definition) is 16. The molecular formula is C27H32N10O9P2S2. The molecule has 4 aromatic heterocycles. The molecule has 4 aromatic rings. The van der Waals surface area contributed by atoms with Crippen molar-refractivity contribution in [2.75, 3.05) is 18.5 Å². The Hall–Kier alpha value is -3.15. The summed E-state index contributed by atoms with van der Waals surface area (Å²) in [5.41, 5.74) is 0.507. The van der Waals surface area contributed by atoms with Crippen LogP contribution in [0.3, 0.4) is 0 Å². The number of carbonyl (C=O) groups is 1. The largest absolute Gasteiger partial charge is 0.386 e. The number of nitrogens with zero attached hydrogens (tertiary/aromatic N) is 8. The number of aromatic amines is 1. The van der Waals surface area contributed by atoms with Gasteiger partial charge in [0.05, 0.1) is 50.4 Å². The summed E-state index contributed by atoms with van der Waals surface area (Å²) in [6, 6.07) is 1.91. The Morgan fingerprint density at radius 2 is 2.04 bits per heavy atom. The lowest BCUT2D eigenvalue weighted by molar-refractivity contribution is -0.118. The highest BCUT2D eigenvalue weighted by Gasteiger charge is 2.45. The van der Waals surface area contributed by atoms with Crippen LogP contribution in [-0.2, 0) is 55.1 Å². The van der Waals surface area contributed by atoms with E-state index in [4.69, 9.17) is 44.4 Å². The lowest BCUT2D eigenvalue weighted by atomic mass is 9.89. The van der Waals surface area contributed by atoms with Gasteiger partial charge in [-0.2, -0.15) is 10.2 Å². The topological polar surface area (TPSA) is 233 Å². The van der Waals surface area contributed by atoms with E-state index in [1.54, 1.807) is 20.0 Å². The van der Waals surface area contributed by atoms with E-state index in [0.717, 1.165) is 0 Å². The van der Waals surface area contributed by atoms with Gasteiger partial charge in [-0.25, -0.2) is 24.5 Å². The molecule has 2 fully saturated rings. The summed E-state index contributed by atoms with van der Waals surface area (Å²) in [6.45, 7) is -4.45. The van der Waals surface area contributed by atoms with Gasteiger partial charge in [0.15, 0.2) is 23.0 Å². The molecule has 0 radical (unpaired) electrons. The van der Waals surface area contributed by atoms with Crippen molar-refractivity contribution in [1.82, 2.24) is 39.0 Å². The van der Waals surface area contributed by atoms with Crippen LogP contribution >= 0.6 is 25.8 Å². The van der Waals surface area contributed by atoms with Crippen LogP contribution in [0.15, 0.2) is 23.6 Å². The number of nitriles is 1. The van der Waals surface area contributed by atoms with Crippen LogP contribution in [0.1, 0.15) is 57.6 Å². The van der Waals surface area contributed by atoms with Crippen LogP contribution in [0.5, 0.6) is 0 Å². The number of rotatable bonds is 6. The smallest absolute Gasteiger partial charge is 0.349 e. The molecule has 3 aliphatic heterocycles. The van der Waals surface area contributed by atoms with Gasteiger partial charge < -0.3 is 22.9 Å². The summed E-state index contributed by atoms with van der Waals surface area (Å²) >= 11 is 10.1. The molecule has 5 atom stereocenters. The van der Waals surface area contributed by atoms with Crippen LogP contribution in [0.25, 0.3) is 22.3 Å². The third kappa shape index (κ3) is 7.28. The van der Waals surface area contributed by atoms with Gasteiger partial charge in [0.25, 0.3) is 5.56 Å². The summed E-state index contributed by atoms with van der Waals surface area (Å²) in [7, 11) is 0. The van der Waals surface area contributed by atoms with Crippen molar-refractivity contribution in [1.29, 1.82) is 5.26 Å². The number of carbonyl (C=O) groups excluding carboxylic acids is 1. The van der Waals surface area contributed by atoms with Gasteiger partial charge in [0, 0.05) is 18.4 Å². The minimum absolute atomic E-state index is 0.00807. The van der Waals surface area contributed by atoms with Gasteiger partial charge >= 0.3 is 13.5 Å². The van der Waals surface area contributed by atoms with E-state index in [0.29, 0.717) is 29.8 Å². The third-order valence-electron chi connectivity index (χ3n) is 8.27. The predicted molar refractivity (Wildman–Crippen MR) is 181 cm³/mol. The first-order valence-electron chi connectivity index (χ1n) is 15.6. The average molecular weight is 767 g/mol. The minimum atomic E-state index is -4.12. The second-order valence-corrected chi connectivity index (χ2v) is 18.0. The Kier molecular flexibility index (Phi) is 9.95. The number of fused-ring (bicyclic) bond motifs is 8. The summed E-state index contributed by atoms with van der Waals surface area (Å²) in [4.78, 5) is 49.5. The number of imidazole rings is 2. The first kappa shape index (κ1) is 35.3. The molecule has 0 spiro atoms. The highest BCUT2D eigenvalue weighted by Crippen LogP contribution is 2.59. The maximum Gasteiger partial charge on any atom is 0.386 e. The van der Waals surface area contributed by atoms with Crippen LogP contribution in [0.4, 0.5) is 5.95 Å². The van der Waals surface area contributed by atoms with E-state index in [-0.39, 0.29) is 73.7 Å². The molecule has 23 heteroatoms. The summed E-state index contributed by atoms with van der Waals surface area (Å²) in [5.74, 6) is -0.411. The molecule has 1 aliphatic carbocycles. The number of thiol groups is 1. The zero-order chi connectivity index (χ0) is 35.2. The molecule has 19 nitrogen and oxygen atoms in total. The van der Waals surface area contributed by atoms with Crippen molar-refractivity contribution in [2.45, 2.75) is 76.7 Å². The number of ether oxygens (including phenoxy) is 1. The molecule has 0 aromatic carbocycles. The molecule has 8 rings (SSSR count). The minimum Gasteiger partial charge on any atom is -0.349 e. The van der Waals surface area contributed by atoms with E-state index in [1.165, 1.54) is 17.2 Å². The number of H-pyrrole nitrogens is 1. The van der Waals surface area contributed by atoms with Crippen molar-refractivity contribution < 1.29 is 36.7 Å². The van der Waals surface area contributed by atoms with Crippen LogP contribution in [-0.4, -0.2) is 76.5 Å². The predicted octanol–water partition coefficient (Wildman–Crippen LogP) is 3.69. The maximum atomic E-state index is 13.8. The van der Waals surface area contributed by atoms with Gasteiger partial charge in [0.1, 0.15) is 30.4 Å². The first-order valence-corrected chi connectivity index (χ1v) is 20.9. The normalized spacial score (nSPS) is 30.2. The maximum absolute atomic E-state index is 13.8. The second-order valence-electron chi connectivity index (χ2n) is 12.1. The van der Waals surface area contributed by atoms with Crippen molar-refractivity contribution >= 4 is 71.8 Å². The molecule has 266 valence electrons. The summed E-state index contributed by atoms with van der Waals surface area (Å²) in [5, 5.41) is 11.7. The Labute approximate surface area is 294 Å². The van der Waals surface area contributed by atoms with Crippen molar-refractivity contribution in [3.63, 3.8) is 0 Å². The number of amides is 1. The number of hydrogen-bond donors (Lipinski definition) is 3. The molecular weight excluding hydrogens is 734 g/mol. The van der Waals surface area contributed by atoms with Gasteiger partial charge in [-0.1, -0.05) is 26.1 Å².